The van der Waals surface area contributed by atoms with Gasteiger partial charge in [0, 0.05) is 18.8 Å². The first-order valence-corrected chi connectivity index (χ1v) is 6.26. The van der Waals surface area contributed by atoms with Crippen LogP contribution in [0.2, 0.25) is 0 Å². The van der Waals surface area contributed by atoms with Crippen molar-refractivity contribution < 1.29 is 4.74 Å². The first kappa shape index (κ1) is 12.0. The average molecular weight is 235 g/mol. The lowest BCUT2D eigenvalue weighted by atomic mass is 10.1. The Bertz CT molecular complexity index is 362. The Morgan fingerprint density at radius 3 is 2.82 bits per heavy atom. The highest BCUT2D eigenvalue weighted by atomic mass is 16.5. The van der Waals surface area contributed by atoms with Gasteiger partial charge in [0.25, 0.3) is 0 Å². The minimum Gasteiger partial charge on any atom is -0.397 e. The van der Waals surface area contributed by atoms with Gasteiger partial charge in [0.2, 0.25) is 0 Å². The SMILES string of the molecule is Nc1ccc(NCCC2CCCCO2)cc1N. The number of nitrogens with one attached hydrogen (secondary N) is 1. The standard InChI is InChI=1S/C13H21N3O/c14-12-5-4-10(9-13(12)15)16-7-6-11-3-1-2-8-17-11/h4-5,9,11,16H,1-3,6-8,14-15H2. The fourth-order valence-corrected chi connectivity index (χ4v) is 2.10. The molecule has 1 aliphatic rings. The van der Waals surface area contributed by atoms with Crippen molar-refractivity contribution in [3.63, 3.8) is 0 Å². The summed E-state index contributed by atoms with van der Waals surface area (Å²) in [4.78, 5) is 0. The molecule has 17 heavy (non-hydrogen) atoms. The molecule has 1 aliphatic heterocycles. The maximum Gasteiger partial charge on any atom is 0.0591 e. The smallest absolute Gasteiger partial charge is 0.0591 e. The van der Waals surface area contributed by atoms with Crippen LogP contribution in [0.25, 0.3) is 0 Å². The first-order chi connectivity index (χ1) is 8.25. The topological polar surface area (TPSA) is 73.3 Å². The molecular weight excluding hydrogens is 214 g/mol. The van der Waals surface area contributed by atoms with Crippen LogP contribution < -0.4 is 16.8 Å². The van der Waals surface area contributed by atoms with E-state index in [-0.39, 0.29) is 0 Å². The number of anilines is 3. The Balaban J connectivity index is 1.75. The monoisotopic (exact) mass is 235 g/mol. The van der Waals surface area contributed by atoms with Gasteiger partial charge in [-0.1, -0.05) is 0 Å². The summed E-state index contributed by atoms with van der Waals surface area (Å²) in [5.41, 5.74) is 13.7. The van der Waals surface area contributed by atoms with Crippen LogP contribution in [-0.2, 0) is 4.74 Å². The van der Waals surface area contributed by atoms with Crippen molar-refractivity contribution in [3.05, 3.63) is 18.2 Å². The molecule has 1 fully saturated rings. The first-order valence-electron chi connectivity index (χ1n) is 6.26. The molecule has 5 N–H and O–H groups in total. The van der Waals surface area contributed by atoms with E-state index in [4.69, 9.17) is 16.2 Å². The normalized spacial score (nSPS) is 20.1. The van der Waals surface area contributed by atoms with Gasteiger partial charge in [-0.25, -0.2) is 0 Å². The highest BCUT2D eigenvalue weighted by Gasteiger charge is 2.12. The summed E-state index contributed by atoms with van der Waals surface area (Å²) in [6.07, 6.45) is 5.15. The Hall–Kier alpha value is -1.42. The molecule has 94 valence electrons. The van der Waals surface area contributed by atoms with Crippen LogP contribution in [0.5, 0.6) is 0 Å². The van der Waals surface area contributed by atoms with Gasteiger partial charge in [-0.15, -0.1) is 0 Å². The van der Waals surface area contributed by atoms with Gasteiger partial charge in [-0.05, 0) is 43.9 Å². The fraction of sp³-hybridized carbons (Fsp3) is 0.538. The molecule has 4 nitrogen and oxygen atoms in total. The summed E-state index contributed by atoms with van der Waals surface area (Å²) >= 11 is 0. The molecule has 1 aromatic carbocycles. The van der Waals surface area contributed by atoms with Crippen molar-refractivity contribution in [1.82, 2.24) is 0 Å². The molecule has 1 unspecified atom stereocenters. The largest absolute Gasteiger partial charge is 0.397 e. The Morgan fingerprint density at radius 2 is 2.12 bits per heavy atom. The minimum atomic E-state index is 0.419. The lowest BCUT2D eigenvalue weighted by Crippen LogP contribution is -2.22. The van der Waals surface area contributed by atoms with E-state index in [0.717, 1.165) is 25.3 Å². The maximum atomic E-state index is 5.75. The third-order valence-corrected chi connectivity index (χ3v) is 3.16. The van der Waals surface area contributed by atoms with E-state index in [1.165, 1.54) is 19.3 Å². The molecule has 0 aliphatic carbocycles. The molecule has 0 radical (unpaired) electrons. The predicted molar refractivity (Wildman–Crippen MR) is 72.0 cm³/mol. The summed E-state index contributed by atoms with van der Waals surface area (Å²) in [6, 6.07) is 5.65. The van der Waals surface area contributed by atoms with Crippen LogP contribution in [0.15, 0.2) is 18.2 Å². The number of rotatable bonds is 4. The van der Waals surface area contributed by atoms with Gasteiger partial charge < -0.3 is 21.5 Å². The van der Waals surface area contributed by atoms with Crippen LogP contribution >= 0.6 is 0 Å². The molecule has 0 bridgehead atoms. The average Bonchev–Trinajstić information content (AvgIpc) is 2.35. The molecule has 0 amide bonds. The van der Waals surface area contributed by atoms with E-state index in [9.17, 15) is 0 Å². The Labute approximate surface area is 102 Å². The van der Waals surface area contributed by atoms with Gasteiger partial charge in [-0.3, -0.25) is 0 Å². The molecule has 1 aromatic rings. The van der Waals surface area contributed by atoms with Crippen LogP contribution in [0, 0.1) is 0 Å². The maximum absolute atomic E-state index is 5.75. The quantitative estimate of drug-likeness (QED) is 0.700. The summed E-state index contributed by atoms with van der Waals surface area (Å²) in [6.45, 7) is 1.83. The van der Waals surface area contributed by atoms with E-state index in [2.05, 4.69) is 5.32 Å². The van der Waals surface area contributed by atoms with Crippen molar-refractivity contribution in [2.45, 2.75) is 31.8 Å². The van der Waals surface area contributed by atoms with Gasteiger partial charge in [0.15, 0.2) is 0 Å². The zero-order chi connectivity index (χ0) is 12.1. The molecule has 4 heteroatoms. The zero-order valence-corrected chi connectivity index (χ0v) is 10.1. The van der Waals surface area contributed by atoms with E-state index in [1.54, 1.807) is 0 Å². The van der Waals surface area contributed by atoms with E-state index >= 15 is 0 Å². The zero-order valence-electron chi connectivity index (χ0n) is 10.1. The number of nitrogens with two attached hydrogens (primary N) is 2. The second kappa shape index (κ2) is 5.77. The van der Waals surface area contributed by atoms with Gasteiger partial charge in [0.1, 0.15) is 0 Å². The van der Waals surface area contributed by atoms with Crippen molar-refractivity contribution in [3.8, 4) is 0 Å². The third-order valence-electron chi connectivity index (χ3n) is 3.16. The van der Waals surface area contributed by atoms with Crippen LogP contribution in [0.1, 0.15) is 25.7 Å². The third kappa shape index (κ3) is 3.53. The number of hydrogen-bond acceptors (Lipinski definition) is 4. The molecule has 0 spiro atoms. The van der Waals surface area contributed by atoms with Crippen molar-refractivity contribution in [2.75, 3.05) is 29.9 Å². The highest BCUT2D eigenvalue weighted by Crippen LogP contribution is 2.20. The second-order valence-corrected chi connectivity index (χ2v) is 4.55. The number of benzene rings is 1. The van der Waals surface area contributed by atoms with E-state index in [0.29, 0.717) is 17.5 Å². The fourth-order valence-electron chi connectivity index (χ4n) is 2.10. The van der Waals surface area contributed by atoms with Crippen molar-refractivity contribution in [2.24, 2.45) is 0 Å². The number of nitrogen functional groups attached to an aromatic ring is 2. The Morgan fingerprint density at radius 1 is 1.24 bits per heavy atom. The van der Waals surface area contributed by atoms with Crippen molar-refractivity contribution >= 4 is 17.1 Å². The van der Waals surface area contributed by atoms with Crippen LogP contribution in [0.4, 0.5) is 17.1 Å². The van der Waals surface area contributed by atoms with Crippen LogP contribution in [-0.4, -0.2) is 19.3 Å². The molecule has 0 aromatic heterocycles. The molecule has 1 heterocycles. The number of hydrogen-bond donors (Lipinski definition) is 3. The Kier molecular flexibility index (Phi) is 4.09. The molecule has 1 atom stereocenters. The van der Waals surface area contributed by atoms with Crippen LogP contribution in [0.3, 0.4) is 0 Å². The molecular formula is C13H21N3O. The summed E-state index contributed by atoms with van der Waals surface area (Å²) < 4.78 is 5.67. The molecule has 1 saturated heterocycles. The lowest BCUT2D eigenvalue weighted by molar-refractivity contribution is 0.0134. The second-order valence-electron chi connectivity index (χ2n) is 4.55. The van der Waals surface area contributed by atoms with Gasteiger partial charge in [-0.2, -0.15) is 0 Å². The van der Waals surface area contributed by atoms with E-state index < -0.39 is 0 Å². The summed E-state index contributed by atoms with van der Waals surface area (Å²) in [7, 11) is 0. The van der Waals surface area contributed by atoms with Gasteiger partial charge >= 0.3 is 0 Å². The number of ether oxygens (including phenoxy) is 1. The predicted octanol–water partition coefficient (Wildman–Crippen LogP) is 2.22. The summed E-state index contributed by atoms with van der Waals surface area (Å²) in [5.74, 6) is 0. The highest BCUT2D eigenvalue weighted by molar-refractivity contribution is 5.69. The van der Waals surface area contributed by atoms with E-state index in [1.807, 2.05) is 18.2 Å². The van der Waals surface area contributed by atoms with Crippen molar-refractivity contribution in [1.29, 1.82) is 0 Å². The summed E-state index contributed by atoms with van der Waals surface area (Å²) in [5, 5.41) is 3.34. The lowest BCUT2D eigenvalue weighted by Gasteiger charge is -2.22. The van der Waals surface area contributed by atoms with Gasteiger partial charge in [0.05, 0.1) is 17.5 Å². The minimum absolute atomic E-state index is 0.419. The molecule has 0 saturated carbocycles. The molecule has 2 rings (SSSR count).